The van der Waals surface area contributed by atoms with Crippen molar-refractivity contribution in [2.45, 2.75) is 96.9 Å². The third kappa shape index (κ3) is 5.30. The fourth-order valence-corrected chi connectivity index (χ4v) is 3.38. The summed E-state index contributed by atoms with van der Waals surface area (Å²) < 4.78 is 0. The Morgan fingerprint density at radius 2 is 1.67 bits per heavy atom. The molecule has 1 aliphatic rings. The molecule has 1 saturated heterocycles. The molecule has 108 valence electrons. The molecule has 0 aromatic carbocycles. The lowest BCUT2D eigenvalue weighted by atomic mass is 9.78. The van der Waals surface area contributed by atoms with Crippen LogP contribution in [0.15, 0.2) is 0 Å². The number of unbranched alkanes of at least 4 members (excludes halogenated alkanes) is 5. The van der Waals surface area contributed by atoms with Crippen LogP contribution < -0.4 is 5.32 Å². The molecule has 0 radical (unpaired) electrons. The highest BCUT2D eigenvalue weighted by atomic mass is 15.0. The van der Waals surface area contributed by atoms with Crippen molar-refractivity contribution in [2.75, 3.05) is 6.54 Å². The second-order valence-electron chi connectivity index (χ2n) is 6.57. The minimum atomic E-state index is 0.460. The lowest BCUT2D eigenvalue weighted by Crippen LogP contribution is -2.49. The van der Waals surface area contributed by atoms with Crippen LogP contribution in [0.4, 0.5) is 0 Å². The van der Waals surface area contributed by atoms with Crippen molar-refractivity contribution in [1.29, 1.82) is 0 Å². The zero-order valence-corrected chi connectivity index (χ0v) is 13.1. The molecular weight excluding hydrogens is 218 g/mol. The SMILES string of the molecule is CCCCCCCCC1(C(C)C)CCCCCN1. The summed E-state index contributed by atoms with van der Waals surface area (Å²) in [5.74, 6) is 0.784. The van der Waals surface area contributed by atoms with Gasteiger partial charge in [-0.15, -0.1) is 0 Å². The number of hydrogen-bond acceptors (Lipinski definition) is 1. The van der Waals surface area contributed by atoms with Gasteiger partial charge in [-0.1, -0.05) is 72.1 Å². The van der Waals surface area contributed by atoms with Crippen molar-refractivity contribution in [1.82, 2.24) is 5.32 Å². The summed E-state index contributed by atoms with van der Waals surface area (Å²) in [4.78, 5) is 0. The highest BCUT2D eigenvalue weighted by Crippen LogP contribution is 2.32. The van der Waals surface area contributed by atoms with Gasteiger partial charge in [0.25, 0.3) is 0 Å². The second kappa shape index (κ2) is 8.96. The normalized spacial score (nSPS) is 25.3. The average molecular weight is 253 g/mol. The largest absolute Gasteiger partial charge is 0.311 e. The van der Waals surface area contributed by atoms with E-state index in [-0.39, 0.29) is 0 Å². The van der Waals surface area contributed by atoms with Gasteiger partial charge in [-0.2, -0.15) is 0 Å². The third-order valence-electron chi connectivity index (χ3n) is 4.86. The van der Waals surface area contributed by atoms with E-state index in [2.05, 4.69) is 26.1 Å². The highest BCUT2D eigenvalue weighted by Gasteiger charge is 2.32. The van der Waals surface area contributed by atoms with Crippen LogP contribution >= 0.6 is 0 Å². The van der Waals surface area contributed by atoms with Crippen LogP contribution in [0, 0.1) is 5.92 Å². The summed E-state index contributed by atoms with van der Waals surface area (Å²) in [6.45, 7) is 8.36. The summed E-state index contributed by atoms with van der Waals surface area (Å²) in [5.41, 5.74) is 0.460. The van der Waals surface area contributed by atoms with Gasteiger partial charge >= 0.3 is 0 Å². The van der Waals surface area contributed by atoms with Crippen LogP contribution in [0.2, 0.25) is 0 Å². The summed E-state index contributed by atoms with van der Waals surface area (Å²) in [6, 6.07) is 0. The molecule has 0 aromatic heterocycles. The quantitative estimate of drug-likeness (QED) is 0.579. The van der Waals surface area contributed by atoms with Gasteiger partial charge in [-0.05, 0) is 31.7 Å². The van der Waals surface area contributed by atoms with Gasteiger partial charge in [0.05, 0.1) is 0 Å². The Morgan fingerprint density at radius 3 is 2.39 bits per heavy atom. The molecule has 1 N–H and O–H groups in total. The van der Waals surface area contributed by atoms with Crippen LogP contribution in [-0.4, -0.2) is 12.1 Å². The Balaban J connectivity index is 2.28. The first kappa shape index (κ1) is 16.0. The van der Waals surface area contributed by atoms with E-state index in [9.17, 15) is 0 Å². The maximum Gasteiger partial charge on any atom is 0.0204 e. The number of rotatable bonds is 8. The standard InChI is InChI=1S/C17H35N/c1-4-5-6-7-8-10-13-17(16(2)3)14-11-9-12-15-18-17/h16,18H,4-15H2,1-3H3. The monoisotopic (exact) mass is 253 g/mol. The molecular formula is C17H35N. The lowest BCUT2D eigenvalue weighted by molar-refractivity contribution is 0.204. The van der Waals surface area contributed by atoms with Gasteiger partial charge in [-0.25, -0.2) is 0 Å². The predicted octanol–water partition coefficient (Wildman–Crippen LogP) is 5.30. The first-order valence-corrected chi connectivity index (χ1v) is 8.46. The van der Waals surface area contributed by atoms with Crippen molar-refractivity contribution in [2.24, 2.45) is 5.92 Å². The molecule has 1 rings (SSSR count). The smallest absolute Gasteiger partial charge is 0.0204 e. The number of hydrogen-bond donors (Lipinski definition) is 1. The Labute approximate surface area is 115 Å². The molecule has 1 aliphatic heterocycles. The fraction of sp³-hybridized carbons (Fsp3) is 1.00. The van der Waals surface area contributed by atoms with Gasteiger partial charge in [0.1, 0.15) is 0 Å². The Bertz CT molecular complexity index is 190. The molecule has 0 aromatic rings. The molecule has 1 atom stereocenters. The van der Waals surface area contributed by atoms with Crippen LogP contribution in [0.5, 0.6) is 0 Å². The maximum absolute atomic E-state index is 3.90. The highest BCUT2D eigenvalue weighted by molar-refractivity contribution is 4.92. The van der Waals surface area contributed by atoms with Crippen LogP contribution in [0.1, 0.15) is 91.4 Å². The summed E-state index contributed by atoms with van der Waals surface area (Å²) in [5, 5.41) is 3.90. The molecule has 1 heteroatoms. The molecule has 0 spiro atoms. The van der Waals surface area contributed by atoms with Crippen LogP contribution in [0.3, 0.4) is 0 Å². The van der Waals surface area contributed by atoms with E-state index >= 15 is 0 Å². The molecule has 1 heterocycles. The van der Waals surface area contributed by atoms with E-state index in [1.807, 2.05) is 0 Å². The number of nitrogens with one attached hydrogen (secondary N) is 1. The molecule has 1 fully saturated rings. The maximum atomic E-state index is 3.90. The van der Waals surface area contributed by atoms with Crippen molar-refractivity contribution in [3.8, 4) is 0 Å². The zero-order chi connectivity index (χ0) is 13.3. The van der Waals surface area contributed by atoms with Crippen molar-refractivity contribution >= 4 is 0 Å². The molecule has 0 amide bonds. The molecule has 0 bridgehead atoms. The van der Waals surface area contributed by atoms with Crippen LogP contribution in [0.25, 0.3) is 0 Å². The van der Waals surface area contributed by atoms with Gasteiger partial charge in [0, 0.05) is 5.54 Å². The zero-order valence-electron chi connectivity index (χ0n) is 13.1. The van der Waals surface area contributed by atoms with Gasteiger partial charge in [0.15, 0.2) is 0 Å². The molecule has 0 aliphatic carbocycles. The average Bonchev–Trinajstić information content (AvgIpc) is 2.60. The molecule has 1 nitrogen and oxygen atoms in total. The summed E-state index contributed by atoms with van der Waals surface area (Å²) in [6.07, 6.45) is 15.6. The van der Waals surface area contributed by atoms with Crippen LogP contribution in [-0.2, 0) is 0 Å². The summed E-state index contributed by atoms with van der Waals surface area (Å²) >= 11 is 0. The topological polar surface area (TPSA) is 12.0 Å². The molecule has 18 heavy (non-hydrogen) atoms. The van der Waals surface area contributed by atoms with E-state index in [4.69, 9.17) is 0 Å². The van der Waals surface area contributed by atoms with E-state index in [0.717, 1.165) is 5.92 Å². The molecule has 0 saturated carbocycles. The van der Waals surface area contributed by atoms with Crippen molar-refractivity contribution in [3.05, 3.63) is 0 Å². The first-order chi connectivity index (χ1) is 8.71. The Kier molecular flexibility index (Phi) is 7.97. The van der Waals surface area contributed by atoms with E-state index in [0.29, 0.717) is 5.54 Å². The molecule has 1 unspecified atom stereocenters. The van der Waals surface area contributed by atoms with Gasteiger partial charge in [-0.3, -0.25) is 0 Å². The Morgan fingerprint density at radius 1 is 0.944 bits per heavy atom. The van der Waals surface area contributed by atoms with E-state index in [1.54, 1.807) is 0 Å². The minimum Gasteiger partial charge on any atom is -0.311 e. The predicted molar refractivity (Wildman–Crippen MR) is 82.0 cm³/mol. The van der Waals surface area contributed by atoms with E-state index < -0.39 is 0 Å². The summed E-state index contributed by atoms with van der Waals surface area (Å²) in [7, 11) is 0. The fourth-order valence-electron chi connectivity index (χ4n) is 3.38. The first-order valence-electron chi connectivity index (χ1n) is 8.46. The third-order valence-corrected chi connectivity index (χ3v) is 4.86. The second-order valence-corrected chi connectivity index (χ2v) is 6.57. The lowest BCUT2D eigenvalue weighted by Gasteiger charge is -2.38. The van der Waals surface area contributed by atoms with E-state index in [1.165, 1.54) is 77.2 Å². The van der Waals surface area contributed by atoms with Crippen molar-refractivity contribution in [3.63, 3.8) is 0 Å². The Hall–Kier alpha value is -0.0400. The van der Waals surface area contributed by atoms with Gasteiger partial charge in [0.2, 0.25) is 0 Å². The minimum absolute atomic E-state index is 0.460. The van der Waals surface area contributed by atoms with Gasteiger partial charge < -0.3 is 5.32 Å². The van der Waals surface area contributed by atoms with Crippen molar-refractivity contribution < 1.29 is 0 Å².